The van der Waals surface area contributed by atoms with E-state index in [9.17, 15) is 9.59 Å². The third kappa shape index (κ3) is 5.41. The monoisotopic (exact) mass is 534 g/mol. The highest BCUT2D eigenvalue weighted by atomic mass is 16.5. The van der Waals surface area contributed by atoms with Crippen LogP contribution in [0.3, 0.4) is 0 Å². The Balaban J connectivity index is 1.20. The van der Waals surface area contributed by atoms with Crippen LogP contribution in [0.1, 0.15) is 60.3 Å². The molecule has 202 valence electrons. The summed E-state index contributed by atoms with van der Waals surface area (Å²) in [5, 5.41) is 6.23. The molecule has 7 heteroatoms. The molecule has 1 aliphatic carbocycles. The minimum absolute atomic E-state index is 0.0127. The zero-order valence-corrected chi connectivity index (χ0v) is 22.0. The number of hydrogen-bond donors (Lipinski definition) is 0. The second kappa shape index (κ2) is 11.6. The van der Waals surface area contributed by atoms with Gasteiger partial charge in [0, 0.05) is 11.8 Å². The van der Waals surface area contributed by atoms with Crippen molar-refractivity contribution in [1.29, 1.82) is 0 Å². The van der Waals surface area contributed by atoms with Gasteiger partial charge in [0.1, 0.15) is 17.6 Å². The molecular weight excluding hydrogens is 504 g/mol. The molecule has 2 aromatic carbocycles. The number of benzene rings is 2. The van der Waals surface area contributed by atoms with Crippen LogP contribution in [0.15, 0.2) is 117 Å². The number of rotatable bonds is 8. The maximum Gasteiger partial charge on any atom is 0.307 e. The molecule has 1 aliphatic heterocycles. The van der Waals surface area contributed by atoms with Crippen LogP contribution in [-0.2, 0) is 14.3 Å². The van der Waals surface area contributed by atoms with Gasteiger partial charge in [0.05, 0.1) is 24.7 Å². The predicted molar refractivity (Wildman–Crippen MR) is 150 cm³/mol. The Hall–Kier alpha value is -4.65. The fraction of sp³-hybridized carbons (Fsp3) is 0.242. The SMILES string of the molecule is O=C(CC(c1ccccc1)c1ccccc1)OCC(=O)N1N=C2C(=Cc3ccco3)CCCC2C1c1ccco1. The van der Waals surface area contributed by atoms with Crippen LogP contribution >= 0.6 is 0 Å². The number of furan rings is 2. The molecule has 2 unspecified atom stereocenters. The highest BCUT2D eigenvalue weighted by Gasteiger charge is 2.45. The number of carbonyl (C=O) groups excluding carboxylic acids is 2. The molecule has 0 spiro atoms. The molecule has 0 radical (unpaired) electrons. The largest absolute Gasteiger partial charge is 0.467 e. The molecule has 3 heterocycles. The summed E-state index contributed by atoms with van der Waals surface area (Å²) >= 11 is 0. The second-order valence-corrected chi connectivity index (χ2v) is 10.1. The fourth-order valence-electron chi connectivity index (χ4n) is 5.72. The van der Waals surface area contributed by atoms with Crippen molar-refractivity contribution in [3.8, 4) is 0 Å². The minimum Gasteiger partial charge on any atom is -0.467 e. The number of esters is 1. The van der Waals surface area contributed by atoms with E-state index in [0.29, 0.717) is 5.76 Å². The number of hydrazone groups is 1. The van der Waals surface area contributed by atoms with E-state index >= 15 is 0 Å². The zero-order chi connectivity index (χ0) is 27.3. The van der Waals surface area contributed by atoms with Crippen molar-refractivity contribution >= 4 is 23.7 Å². The molecule has 40 heavy (non-hydrogen) atoms. The number of amides is 1. The van der Waals surface area contributed by atoms with E-state index in [-0.39, 0.29) is 24.2 Å². The molecular formula is C33H30N2O5. The Bertz CT molecular complexity index is 1450. The van der Waals surface area contributed by atoms with Crippen LogP contribution in [0.25, 0.3) is 6.08 Å². The molecule has 6 rings (SSSR count). The maximum absolute atomic E-state index is 13.5. The lowest BCUT2D eigenvalue weighted by Gasteiger charge is -2.27. The topological polar surface area (TPSA) is 85.3 Å². The zero-order valence-electron chi connectivity index (χ0n) is 22.0. The maximum atomic E-state index is 13.5. The van der Waals surface area contributed by atoms with Crippen LogP contribution in [0.5, 0.6) is 0 Å². The first kappa shape index (κ1) is 25.6. The highest BCUT2D eigenvalue weighted by Crippen LogP contribution is 2.44. The van der Waals surface area contributed by atoms with Crippen LogP contribution < -0.4 is 0 Å². The number of fused-ring (bicyclic) bond motifs is 1. The number of nitrogens with zero attached hydrogens (tertiary/aromatic N) is 2. The lowest BCUT2D eigenvalue weighted by molar-refractivity contribution is -0.153. The Morgan fingerprint density at radius 3 is 2.27 bits per heavy atom. The van der Waals surface area contributed by atoms with Crippen LogP contribution in [0, 0.1) is 5.92 Å². The Labute approximate surface area is 232 Å². The van der Waals surface area contributed by atoms with Crippen molar-refractivity contribution in [1.82, 2.24) is 5.01 Å². The highest BCUT2D eigenvalue weighted by molar-refractivity contribution is 6.08. The first-order valence-corrected chi connectivity index (χ1v) is 13.6. The Morgan fingerprint density at radius 1 is 0.925 bits per heavy atom. The molecule has 2 aromatic heterocycles. The molecule has 1 amide bonds. The number of hydrogen-bond acceptors (Lipinski definition) is 6. The fourth-order valence-corrected chi connectivity index (χ4v) is 5.72. The first-order valence-electron chi connectivity index (χ1n) is 13.6. The Morgan fingerprint density at radius 2 is 1.62 bits per heavy atom. The molecule has 0 bridgehead atoms. The number of allylic oxidation sites excluding steroid dienone is 1. The third-order valence-corrected chi connectivity index (χ3v) is 7.58. The minimum atomic E-state index is -0.441. The van der Waals surface area contributed by atoms with E-state index in [1.165, 1.54) is 5.01 Å². The molecule has 1 fully saturated rings. The summed E-state index contributed by atoms with van der Waals surface area (Å²) in [5.41, 5.74) is 3.93. The van der Waals surface area contributed by atoms with Crippen molar-refractivity contribution in [2.45, 2.75) is 37.6 Å². The van der Waals surface area contributed by atoms with Crippen LogP contribution in [-0.4, -0.2) is 29.2 Å². The molecule has 1 saturated carbocycles. The van der Waals surface area contributed by atoms with Gasteiger partial charge in [-0.3, -0.25) is 9.59 Å². The lowest BCUT2D eigenvalue weighted by Crippen LogP contribution is -2.34. The van der Waals surface area contributed by atoms with Crippen LogP contribution in [0.2, 0.25) is 0 Å². The second-order valence-electron chi connectivity index (χ2n) is 10.1. The standard InChI is InChI=1S/C33H30N2O5/c36-30(22-40-31(37)21-28(23-10-3-1-4-11-23)24-12-5-2-6-13-24)35-33(29-17-9-19-39-29)27-16-7-14-25(32(27)34-35)20-26-15-8-18-38-26/h1-6,8-13,15,17-20,27-28,33H,7,14,16,21-22H2. The average Bonchev–Trinajstić information content (AvgIpc) is 3.77. The van der Waals surface area contributed by atoms with Gasteiger partial charge in [-0.2, -0.15) is 5.10 Å². The molecule has 7 nitrogen and oxygen atoms in total. The molecule has 0 saturated heterocycles. The van der Waals surface area contributed by atoms with Gasteiger partial charge in [0.15, 0.2) is 6.61 Å². The van der Waals surface area contributed by atoms with E-state index < -0.39 is 18.6 Å². The van der Waals surface area contributed by atoms with Gasteiger partial charge in [-0.05, 0) is 66.3 Å². The average molecular weight is 535 g/mol. The normalized spacial score (nSPS) is 19.5. The van der Waals surface area contributed by atoms with E-state index in [4.69, 9.17) is 18.7 Å². The smallest absolute Gasteiger partial charge is 0.307 e. The van der Waals surface area contributed by atoms with E-state index in [1.54, 1.807) is 12.5 Å². The van der Waals surface area contributed by atoms with Gasteiger partial charge in [0.25, 0.3) is 5.91 Å². The summed E-state index contributed by atoms with van der Waals surface area (Å²) in [5.74, 6) is 0.397. The summed E-state index contributed by atoms with van der Waals surface area (Å²) in [6, 6.07) is 26.7. The molecule has 2 atom stereocenters. The number of ether oxygens (including phenoxy) is 1. The van der Waals surface area contributed by atoms with Crippen molar-refractivity contribution in [3.05, 3.63) is 126 Å². The summed E-state index contributed by atoms with van der Waals surface area (Å²) < 4.78 is 16.8. The summed E-state index contributed by atoms with van der Waals surface area (Å²) in [7, 11) is 0. The quantitative estimate of drug-likeness (QED) is 0.233. The van der Waals surface area contributed by atoms with Crippen LogP contribution in [0.4, 0.5) is 0 Å². The third-order valence-electron chi connectivity index (χ3n) is 7.58. The van der Waals surface area contributed by atoms with Crippen molar-refractivity contribution in [2.24, 2.45) is 11.0 Å². The van der Waals surface area contributed by atoms with Crippen molar-refractivity contribution in [2.75, 3.05) is 6.61 Å². The molecule has 2 aliphatic rings. The lowest BCUT2D eigenvalue weighted by atomic mass is 9.79. The van der Waals surface area contributed by atoms with Gasteiger partial charge >= 0.3 is 5.97 Å². The number of carbonyl (C=O) groups is 2. The molecule has 0 N–H and O–H groups in total. The summed E-state index contributed by atoms with van der Waals surface area (Å²) in [6.07, 6.45) is 8.04. The Kier molecular flexibility index (Phi) is 7.44. The first-order chi connectivity index (χ1) is 19.7. The van der Waals surface area contributed by atoms with Gasteiger partial charge in [-0.15, -0.1) is 0 Å². The van der Waals surface area contributed by atoms with Crippen molar-refractivity contribution in [3.63, 3.8) is 0 Å². The summed E-state index contributed by atoms with van der Waals surface area (Å²) in [6.45, 7) is -0.396. The van der Waals surface area contributed by atoms with Gasteiger partial charge in [-0.25, -0.2) is 5.01 Å². The van der Waals surface area contributed by atoms with E-state index in [0.717, 1.165) is 47.4 Å². The van der Waals surface area contributed by atoms with Crippen molar-refractivity contribution < 1.29 is 23.2 Å². The van der Waals surface area contributed by atoms with E-state index in [1.807, 2.05) is 91.0 Å². The molecule has 4 aromatic rings. The van der Waals surface area contributed by atoms with Gasteiger partial charge in [-0.1, -0.05) is 60.7 Å². The van der Waals surface area contributed by atoms with E-state index in [2.05, 4.69) is 0 Å². The van der Waals surface area contributed by atoms with Gasteiger partial charge in [0.2, 0.25) is 0 Å². The predicted octanol–water partition coefficient (Wildman–Crippen LogP) is 6.76. The van der Waals surface area contributed by atoms with Gasteiger partial charge < -0.3 is 13.6 Å². The summed E-state index contributed by atoms with van der Waals surface area (Å²) in [4.78, 5) is 26.6.